The van der Waals surface area contributed by atoms with Gasteiger partial charge in [0.1, 0.15) is 11.5 Å². The Kier molecular flexibility index (Phi) is 5.85. The van der Waals surface area contributed by atoms with Crippen LogP contribution in [0.15, 0.2) is 47.8 Å². The molecule has 196 valence electrons. The van der Waals surface area contributed by atoms with Crippen LogP contribution in [0.5, 0.6) is 0 Å². The van der Waals surface area contributed by atoms with E-state index in [0.29, 0.717) is 29.0 Å². The molecule has 5 heterocycles. The van der Waals surface area contributed by atoms with E-state index < -0.39 is 0 Å². The highest BCUT2D eigenvalue weighted by atomic mass is 16.1. The van der Waals surface area contributed by atoms with Gasteiger partial charge in [0, 0.05) is 48.7 Å². The Labute approximate surface area is 220 Å². The molecule has 0 bridgehead atoms. The molecule has 38 heavy (non-hydrogen) atoms. The first-order valence-corrected chi connectivity index (χ1v) is 13.0. The lowest BCUT2D eigenvalue weighted by molar-refractivity contribution is -0.113. The van der Waals surface area contributed by atoms with E-state index in [0.717, 1.165) is 46.8 Å². The third kappa shape index (κ3) is 4.07. The van der Waals surface area contributed by atoms with Crippen molar-refractivity contribution in [1.29, 1.82) is 0 Å². The molecule has 1 fully saturated rings. The zero-order chi connectivity index (χ0) is 26.6. The maximum Gasteiger partial charge on any atom is 0.255 e. The molecular weight excluding hydrogens is 480 g/mol. The van der Waals surface area contributed by atoms with Crippen molar-refractivity contribution in [1.82, 2.24) is 35.4 Å². The fourth-order valence-electron chi connectivity index (χ4n) is 5.87. The predicted molar refractivity (Wildman–Crippen MR) is 147 cm³/mol. The molecule has 6 rings (SSSR count). The monoisotopic (exact) mass is 512 g/mol. The summed E-state index contributed by atoms with van der Waals surface area (Å²) in [4.78, 5) is 22.3. The van der Waals surface area contributed by atoms with Crippen LogP contribution in [-0.4, -0.2) is 61.4 Å². The summed E-state index contributed by atoms with van der Waals surface area (Å²) in [5, 5.41) is 23.7. The van der Waals surface area contributed by atoms with Crippen molar-refractivity contribution in [3.63, 3.8) is 0 Å². The molecule has 1 amide bonds. The molecule has 3 atom stereocenters. The number of rotatable bonds is 4. The zero-order valence-corrected chi connectivity index (χ0v) is 22.3. The fourth-order valence-corrected chi connectivity index (χ4v) is 5.87. The number of nitrogens with one attached hydrogen (secondary N) is 2. The summed E-state index contributed by atoms with van der Waals surface area (Å²) in [5.41, 5.74) is 4.84. The van der Waals surface area contributed by atoms with Crippen LogP contribution in [0.25, 0.3) is 22.2 Å². The van der Waals surface area contributed by atoms with E-state index in [2.05, 4.69) is 60.8 Å². The Morgan fingerprint density at radius 1 is 1.11 bits per heavy atom. The minimum atomic E-state index is -0.292. The summed E-state index contributed by atoms with van der Waals surface area (Å²) in [6.07, 6.45) is 3.10. The van der Waals surface area contributed by atoms with Gasteiger partial charge in [0.2, 0.25) is 5.95 Å². The van der Waals surface area contributed by atoms with E-state index >= 15 is 0 Å². The maximum absolute atomic E-state index is 13.5. The first-order valence-electron chi connectivity index (χ1n) is 13.0. The van der Waals surface area contributed by atoms with E-state index in [1.54, 1.807) is 4.68 Å². The average Bonchev–Trinajstić information content (AvgIpc) is 3.55. The molecule has 2 N–H and O–H groups in total. The van der Waals surface area contributed by atoms with Crippen molar-refractivity contribution in [2.75, 3.05) is 35.3 Å². The van der Waals surface area contributed by atoms with Crippen LogP contribution >= 0.6 is 0 Å². The summed E-state index contributed by atoms with van der Waals surface area (Å²) in [6.45, 7) is 10.4. The number of H-pyrrole nitrogens is 1. The number of tetrazole rings is 1. The minimum absolute atomic E-state index is 0.188. The van der Waals surface area contributed by atoms with Crippen molar-refractivity contribution in [3.05, 3.63) is 47.8 Å². The fraction of sp³-hybridized carbons (Fsp3) is 0.407. The highest BCUT2D eigenvalue weighted by Crippen LogP contribution is 2.34. The number of nitrogens with zero attached hydrogens (tertiary/aromatic N) is 8. The number of carbonyl (C=O) groups is 1. The van der Waals surface area contributed by atoms with E-state index in [1.165, 1.54) is 6.42 Å². The van der Waals surface area contributed by atoms with E-state index in [-0.39, 0.29) is 11.9 Å². The van der Waals surface area contributed by atoms with E-state index in [9.17, 15) is 4.79 Å². The number of carbonyl (C=O) groups excluding carboxylic acids is 1. The second kappa shape index (κ2) is 9.23. The Morgan fingerprint density at radius 2 is 1.89 bits per heavy atom. The lowest BCUT2D eigenvalue weighted by atomic mass is 9.92. The first-order chi connectivity index (χ1) is 18.3. The van der Waals surface area contributed by atoms with Gasteiger partial charge in [-0.05, 0) is 72.9 Å². The quantitative estimate of drug-likeness (QED) is 0.421. The Hall–Kier alpha value is -4.28. The normalized spacial score (nSPS) is 21.7. The molecule has 0 spiro atoms. The number of piperidine rings is 1. The standard InChI is InChI=1S/C27H32N10O/c1-15-10-16(2)14-36(13-15)23-11-19(8-9-28-23)25-21-12-20(6-7-22(21)30-31-25)29-26(38)24-17(3)35(5)27-32-33-34-37(27)18(24)4/h6-9,11-12,15-16,18H,10,13-14H2,1-5H3,(H,29,38)(H,30,31)/t15-,16+,18-/m1/s1. The molecule has 0 unspecified atom stereocenters. The summed E-state index contributed by atoms with van der Waals surface area (Å²) in [7, 11) is 1.86. The highest BCUT2D eigenvalue weighted by Gasteiger charge is 2.32. The van der Waals surface area contributed by atoms with Gasteiger partial charge in [0.25, 0.3) is 5.91 Å². The lowest BCUT2D eigenvalue weighted by Crippen LogP contribution is -2.39. The predicted octanol–water partition coefficient (Wildman–Crippen LogP) is 4.02. The van der Waals surface area contributed by atoms with Crippen molar-refractivity contribution in [3.8, 4) is 11.3 Å². The van der Waals surface area contributed by atoms with Gasteiger partial charge >= 0.3 is 0 Å². The zero-order valence-electron chi connectivity index (χ0n) is 22.3. The van der Waals surface area contributed by atoms with E-state index in [1.807, 2.05) is 56.3 Å². The first kappa shape index (κ1) is 24.1. The average molecular weight is 513 g/mol. The third-order valence-corrected chi connectivity index (χ3v) is 7.73. The molecule has 1 saturated heterocycles. The summed E-state index contributed by atoms with van der Waals surface area (Å²) in [5.74, 6) is 2.67. The number of amides is 1. The highest BCUT2D eigenvalue weighted by molar-refractivity contribution is 6.07. The second-order valence-corrected chi connectivity index (χ2v) is 10.7. The second-order valence-electron chi connectivity index (χ2n) is 10.7. The number of pyridine rings is 1. The molecule has 1 aromatic carbocycles. The minimum Gasteiger partial charge on any atom is -0.356 e. The molecule has 4 aromatic rings. The van der Waals surface area contributed by atoms with Crippen LogP contribution in [0.4, 0.5) is 17.5 Å². The van der Waals surface area contributed by atoms with Gasteiger partial charge in [-0.1, -0.05) is 18.9 Å². The van der Waals surface area contributed by atoms with Crippen LogP contribution < -0.4 is 15.1 Å². The van der Waals surface area contributed by atoms with Gasteiger partial charge in [-0.25, -0.2) is 9.67 Å². The Bertz CT molecular complexity index is 1540. The molecule has 11 heteroatoms. The SMILES string of the molecule is CC1=C(C(=O)Nc2ccc3[nH]nc(-c4ccnc(N5C[C@H](C)C[C@H](C)C5)c4)c3c2)[C@@H](C)n2nnnc2N1C. The maximum atomic E-state index is 13.5. The van der Waals surface area contributed by atoms with Crippen LogP contribution in [-0.2, 0) is 4.79 Å². The van der Waals surface area contributed by atoms with Gasteiger partial charge in [0.05, 0.1) is 17.1 Å². The number of hydrogen-bond donors (Lipinski definition) is 2. The van der Waals surface area contributed by atoms with Crippen molar-refractivity contribution in [2.24, 2.45) is 11.8 Å². The topological polar surface area (TPSA) is 121 Å². The Morgan fingerprint density at radius 3 is 2.68 bits per heavy atom. The van der Waals surface area contributed by atoms with E-state index in [4.69, 9.17) is 0 Å². The molecule has 2 aliphatic rings. The molecule has 0 radical (unpaired) electrons. The molecular formula is C27H32N10O. The number of allylic oxidation sites excluding steroid dienone is 1. The molecule has 0 aliphatic carbocycles. The van der Waals surface area contributed by atoms with Gasteiger partial charge in [-0.2, -0.15) is 5.10 Å². The summed E-state index contributed by atoms with van der Waals surface area (Å²) in [6, 6.07) is 9.59. The Balaban J connectivity index is 1.29. The smallest absolute Gasteiger partial charge is 0.255 e. The van der Waals surface area contributed by atoms with Crippen LogP contribution in [0, 0.1) is 11.8 Å². The number of hydrogen-bond acceptors (Lipinski definition) is 8. The molecule has 2 aliphatic heterocycles. The van der Waals surface area contributed by atoms with Gasteiger partial charge in [0.15, 0.2) is 0 Å². The molecule has 0 saturated carbocycles. The molecule has 11 nitrogen and oxygen atoms in total. The van der Waals surface area contributed by atoms with Crippen LogP contribution in [0.2, 0.25) is 0 Å². The number of benzene rings is 1. The van der Waals surface area contributed by atoms with Gasteiger partial charge in [-0.15, -0.1) is 0 Å². The van der Waals surface area contributed by atoms with Crippen LogP contribution in [0.3, 0.4) is 0 Å². The van der Waals surface area contributed by atoms with Crippen molar-refractivity contribution < 1.29 is 4.79 Å². The largest absolute Gasteiger partial charge is 0.356 e. The summed E-state index contributed by atoms with van der Waals surface area (Å²) >= 11 is 0. The number of aromatic nitrogens is 7. The third-order valence-electron chi connectivity index (χ3n) is 7.73. The molecule has 3 aromatic heterocycles. The van der Waals surface area contributed by atoms with Crippen molar-refractivity contribution >= 4 is 34.3 Å². The summed E-state index contributed by atoms with van der Waals surface area (Å²) < 4.78 is 1.66. The van der Waals surface area contributed by atoms with Gasteiger partial charge in [-0.3, -0.25) is 9.89 Å². The number of fused-ring (bicyclic) bond motifs is 2. The van der Waals surface area contributed by atoms with Crippen LogP contribution in [0.1, 0.15) is 40.2 Å². The van der Waals surface area contributed by atoms with Crippen molar-refractivity contribution in [2.45, 2.75) is 40.2 Å². The number of aromatic amines is 1. The number of anilines is 3. The lowest BCUT2D eigenvalue weighted by Gasteiger charge is -2.35. The van der Waals surface area contributed by atoms with Gasteiger partial charge < -0.3 is 15.1 Å².